The van der Waals surface area contributed by atoms with Crippen LogP contribution in [0.2, 0.25) is 0 Å². The third-order valence-electron chi connectivity index (χ3n) is 2.28. The van der Waals surface area contributed by atoms with Crippen molar-refractivity contribution in [3.8, 4) is 0 Å². The molecule has 0 unspecified atom stereocenters. The van der Waals surface area contributed by atoms with Gasteiger partial charge in [-0.05, 0) is 13.0 Å². The summed E-state index contributed by atoms with van der Waals surface area (Å²) < 4.78 is 1.10. The van der Waals surface area contributed by atoms with E-state index in [0.29, 0.717) is 5.56 Å². The molecule has 0 saturated heterocycles. The average Bonchev–Trinajstić information content (AvgIpc) is 2.69. The number of thiophene rings is 1. The molecule has 3 nitrogen and oxygen atoms in total. The molecule has 16 heavy (non-hydrogen) atoms. The molecular weight excluding hydrogens is 222 g/mol. The zero-order valence-corrected chi connectivity index (χ0v) is 9.75. The molecular formula is C12H13NO2S. The van der Waals surface area contributed by atoms with Gasteiger partial charge in [0.25, 0.3) is 5.91 Å². The first-order valence-electron chi connectivity index (χ1n) is 5.11. The minimum absolute atomic E-state index is 0.127. The van der Waals surface area contributed by atoms with Crippen LogP contribution in [0.15, 0.2) is 29.6 Å². The molecule has 1 heterocycles. The standard InChI is InChI=1S/C12H13NO2S/c1-8(14)6-13-12(15)10-7-16-11-5-3-2-4-9(10)11/h2-5,7-8,14H,6H2,1H3,(H,13,15)/t8-/m0/s1. The van der Waals surface area contributed by atoms with Crippen molar-refractivity contribution in [2.75, 3.05) is 6.54 Å². The van der Waals surface area contributed by atoms with Crippen LogP contribution < -0.4 is 5.32 Å². The van der Waals surface area contributed by atoms with Crippen molar-refractivity contribution in [2.24, 2.45) is 0 Å². The summed E-state index contributed by atoms with van der Waals surface area (Å²) in [5.41, 5.74) is 0.682. The number of amides is 1. The first kappa shape index (κ1) is 11.1. The van der Waals surface area contributed by atoms with Gasteiger partial charge in [0, 0.05) is 22.0 Å². The second-order valence-corrected chi connectivity index (χ2v) is 4.62. The van der Waals surface area contributed by atoms with Crippen LogP contribution in [0.1, 0.15) is 17.3 Å². The van der Waals surface area contributed by atoms with E-state index in [-0.39, 0.29) is 12.5 Å². The van der Waals surface area contributed by atoms with Crippen LogP contribution in [0, 0.1) is 0 Å². The summed E-state index contributed by atoms with van der Waals surface area (Å²) in [5.74, 6) is -0.127. The molecule has 1 amide bonds. The Morgan fingerprint density at radius 2 is 2.25 bits per heavy atom. The molecule has 1 aromatic carbocycles. The van der Waals surface area contributed by atoms with E-state index in [1.165, 1.54) is 0 Å². The van der Waals surface area contributed by atoms with Gasteiger partial charge >= 0.3 is 0 Å². The maximum atomic E-state index is 11.8. The highest BCUT2D eigenvalue weighted by molar-refractivity contribution is 7.17. The van der Waals surface area contributed by atoms with Gasteiger partial charge in [-0.15, -0.1) is 11.3 Å². The lowest BCUT2D eigenvalue weighted by atomic mass is 10.1. The monoisotopic (exact) mass is 235 g/mol. The molecule has 0 aliphatic heterocycles. The summed E-state index contributed by atoms with van der Waals surface area (Å²) in [5, 5.41) is 14.6. The molecule has 0 fully saturated rings. The molecule has 0 bridgehead atoms. The molecule has 2 rings (SSSR count). The van der Waals surface area contributed by atoms with E-state index in [1.807, 2.05) is 29.6 Å². The highest BCUT2D eigenvalue weighted by Gasteiger charge is 2.11. The van der Waals surface area contributed by atoms with Crippen molar-refractivity contribution in [1.82, 2.24) is 5.32 Å². The Bertz CT molecular complexity index is 504. The van der Waals surface area contributed by atoms with Crippen molar-refractivity contribution in [3.63, 3.8) is 0 Å². The molecule has 84 valence electrons. The van der Waals surface area contributed by atoms with Crippen LogP contribution in [0.4, 0.5) is 0 Å². The number of benzene rings is 1. The van der Waals surface area contributed by atoms with Crippen molar-refractivity contribution in [2.45, 2.75) is 13.0 Å². The number of carbonyl (C=O) groups is 1. The Labute approximate surface area is 97.7 Å². The smallest absolute Gasteiger partial charge is 0.252 e. The fourth-order valence-corrected chi connectivity index (χ4v) is 2.43. The number of hydrogen-bond donors (Lipinski definition) is 2. The summed E-state index contributed by atoms with van der Waals surface area (Å²) in [6.07, 6.45) is -0.520. The van der Waals surface area contributed by atoms with Crippen LogP contribution in [-0.4, -0.2) is 23.7 Å². The molecule has 1 atom stereocenters. The van der Waals surface area contributed by atoms with Crippen LogP contribution in [0.25, 0.3) is 10.1 Å². The van der Waals surface area contributed by atoms with Gasteiger partial charge in [0.1, 0.15) is 0 Å². The molecule has 1 aromatic heterocycles. The third-order valence-corrected chi connectivity index (χ3v) is 3.25. The molecule has 2 N–H and O–H groups in total. The van der Waals surface area contributed by atoms with Gasteiger partial charge in [-0.1, -0.05) is 18.2 Å². The summed E-state index contributed by atoms with van der Waals surface area (Å²) >= 11 is 1.55. The van der Waals surface area contributed by atoms with E-state index in [4.69, 9.17) is 5.11 Å². The molecule has 2 aromatic rings. The zero-order valence-electron chi connectivity index (χ0n) is 8.93. The maximum Gasteiger partial charge on any atom is 0.252 e. The SMILES string of the molecule is C[C@H](O)CNC(=O)c1csc2ccccc12. The largest absolute Gasteiger partial charge is 0.392 e. The Kier molecular flexibility index (Phi) is 3.22. The van der Waals surface area contributed by atoms with Crippen LogP contribution in [0.3, 0.4) is 0 Å². The van der Waals surface area contributed by atoms with Crippen molar-refractivity contribution < 1.29 is 9.90 Å². The van der Waals surface area contributed by atoms with Crippen molar-refractivity contribution >= 4 is 27.3 Å². The van der Waals surface area contributed by atoms with Gasteiger partial charge in [-0.25, -0.2) is 0 Å². The molecule has 0 radical (unpaired) electrons. The Hall–Kier alpha value is -1.39. The fraction of sp³-hybridized carbons (Fsp3) is 0.250. The number of fused-ring (bicyclic) bond motifs is 1. The molecule has 0 aliphatic carbocycles. The number of nitrogens with one attached hydrogen (secondary N) is 1. The summed E-state index contributed by atoms with van der Waals surface area (Å²) in [6, 6.07) is 7.80. The van der Waals surface area contributed by atoms with Gasteiger partial charge in [-0.3, -0.25) is 4.79 Å². The second-order valence-electron chi connectivity index (χ2n) is 3.70. The van der Waals surface area contributed by atoms with Gasteiger partial charge in [-0.2, -0.15) is 0 Å². The van der Waals surface area contributed by atoms with E-state index in [1.54, 1.807) is 18.3 Å². The van der Waals surface area contributed by atoms with Crippen LogP contribution >= 0.6 is 11.3 Å². The summed E-state index contributed by atoms with van der Waals surface area (Å²) in [4.78, 5) is 11.8. The van der Waals surface area contributed by atoms with Crippen molar-refractivity contribution in [1.29, 1.82) is 0 Å². The van der Waals surface area contributed by atoms with E-state index >= 15 is 0 Å². The minimum atomic E-state index is -0.520. The van der Waals surface area contributed by atoms with E-state index in [9.17, 15) is 4.79 Å². The molecule has 0 spiro atoms. The van der Waals surface area contributed by atoms with Crippen LogP contribution in [-0.2, 0) is 0 Å². The third kappa shape index (κ3) is 2.23. The number of aliphatic hydroxyl groups is 1. The number of carbonyl (C=O) groups excluding carboxylic acids is 1. The predicted molar refractivity (Wildman–Crippen MR) is 65.8 cm³/mol. The molecule has 0 saturated carbocycles. The predicted octanol–water partition coefficient (Wildman–Crippen LogP) is 2.01. The fourth-order valence-electron chi connectivity index (χ4n) is 1.49. The number of aliphatic hydroxyl groups excluding tert-OH is 1. The van der Waals surface area contributed by atoms with Gasteiger partial charge in [0.2, 0.25) is 0 Å². The first-order valence-corrected chi connectivity index (χ1v) is 5.99. The summed E-state index contributed by atoms with van der Waals surface area (Å²) in [6.45, 7) is 1.93. The normalized spacial score (nSPS) is 12.6. The van der Waals surface area contributed by atoms with Crippen molar-refractivity contribution in [3.05, 3.63) is 35.2 Å². The number of hydrogen-bond acceptors (Lipinski definition) is 3. The van der Waals surface area contributed by atoms with Crippen LogP contribution in [0.5, 0.6) is 0 Å². The Morgan fingerprint density at radius 3 is 3.00 bits per heavy atom. The number of rotatable bonds is 3. The molecule has 0 aliphatic rings. The Morgan fingerprint density at radius 1 is 1.50 bits per heavy atom. The topological polar surface area (TPSA) is 49.3 Å². The van der Waals surface area contributed by atoms with E-state index < -0.39 is 6.10 Å². The lowest BCUT2D eigenvalue weighted by Crippen LogP contribution is -2.30. The zero-order chi connectivity index (χ0) is 11.5. The molecule has 4 heteroatoms. The van der Waals surface area contributed by atoms with Gasteiger partial charge in [0.15, 0.2) is 0 Å². The Balaban J connectivity index is 2.23. The second kappa shape index (κ2) is 4.63. The highest BCUT2D eigenvalue weighted by atomic mass is 32.1. The quantitative estimate of drug-likeness (QED) is 0.855. The average molecular weight is 235 g/mol. The summed E-state index contributed by atoms with van der Waals surface area (Å²) in [7, 11) is 0. The van der Waals surface area contributed by atoms with Gasteiger partial charge in [0.05, 0.1) is 11.7 Å². The van der Waals surface area contributed by atoms with E-state index in [0.717, 1.165) is 10.1 Å². The lowest BCUT2D eigenvalue weighted by Gasteiger charge is -2.06. The highest BCUT2D eigenvalue weighted by Crippen LogP contribution is 2.25. The first-order chi connectivity index (χ1) is 7.68. The van der Waals surface area contributed by atoms with E-state index in [2.05, 4.69) is 5.32 Å². The van der Waals surface area contributed by atoms with Gasteiger partial charge < -0.3 is 10.4 Å². The minimum Gasteiger partial charge on any atom is -0.392 e. The maximum absolute atomic E-state index is 11.8. The lowest BCUT2D eigenvalue weighted by molar-refractivity contribution is 0.0926.